The molecule has 120 valence electrons. The van der Waals surface area contributed by atoms with Gasteiger partial charge in [-0.2, -0.15) is 0 Å². The Balaban J connectivity index is 2.02. The number of methoxy groups -OCH3 is 1. The van der Waals surface area contributed by atoms with Gasteiger partial charge in [-0.05, 0) is 50.0 Å². The Kier molecular flexibility index (Phi) is 5.55. The maximum absolute atomic E-state index is 12.4. The Morgan fingerprint density at radius 1 is 1.32 bits per heavy atom. The first-order valence-electron chi connectivity index (χ1n) is 7.68. The van der Waals surface area contributed by atoms with Crippen LogP contribution in [0, 0.1) is 5.92 Å². The van der Waals surface area contributed by atoms with Crippen LogP contribution in [-0.4, -0.2) is 48.5 Å². The zero-order chi connectivity index (χ0) is 16.1. The predicted octanol–water partition coefficient (Wildman–Crippen LogP) is 2.70. The molecule has 1 heterocycles. The van der Waals surface area contributed by atoms with E-state index in [0.29, 0.717) is 24.3 Å². The maximum atomic E-state index is 12.4. The first-order chi connectivity index (χ1) is 10.5. The average molecular weight is 305 g/mol. The molecule has 1 aliphatic rings. The summed E-state index contributed by atoms with van der Waals surface area (Å²) in [6.45, 7) is 5.03. The number of likely N-dealkylation sites (tertiary alicyclic amines) is 1. The molecule has 5 nitrogen and oxygen atoms in total. The molecule has 0 radical (unpaired) electrons. The summed E-state index contributed by atoms with van der Waals surface area (Å²) in [4.78, 5) is 25.8. The first-order valence-corrected chi connectivity index (χ1v) is 7.68. The van der Waals surface area contributed by atoms with Gasteiger partial charge in [0.25, 0.3) is 0 Å². The Morgan fingerprint density at radius 3 is 2.59 bits per heavy atom. The van der Waals surface area contributed by atoms with E-state index in [0.717, 1.165) is 19.0 Å². The molecular formula is C17H23NO4. The highest BCUT2D eigenvalue weighted by Crippen LogP contribution is 2.22. The molecule has 0 aromatic heterocycles. The van der Waals surface area contributed by atoms with Crippen LogP contribution in [-0.2, 0) is 0 Å². The van der Waals surface area contributed by atoms with Crippen molar-refractivity contribution in [2.24, 2.45) is 5.92 Å². The number of benzene rings is 1. The van der Waals surface area contributed by atoms with Crippen LogP contribution in [0.2, 0.25) is 0 Å². The van der Waals surface area contributed by atoms with E-state index in [1.165, 1.54) is 32.1 Å². The number of carboxylic acids is 1. The molecule has 0 atom stereocenters. The van der Waals surface area contributed by atoms with Crippen LogP contribution < -0.4 is 4.74 Å². The normalized spacial score (nSPS) is 16.5. The molecule has 1 aromatic rings. The highest BCUT2D eigenvalue weighted by Gasteiger charge is 2.19. The van der Waals surface area contributed by atoms with Gasteiger partial charge in [0, 0.05) is 13.0 Å². The van der Waals surface area contributed by atoms with Gasteiger partial charge in [0.05, 0.1) is 18.2 Å². The van der Waals surface area contributed by atoms with Crippen LogP contribution in [0.25, 0.3) is 0 Å². The summed E-state index contributed by atoms with van der Waals surface area (Å²) < 4.78 is 5.18. The second kappa shape index (κ2) is 7.40. The third-order valence-corrected chi connectivity index (χ3v) is 4.28. The minimum absolute atomic E-state index is 0.0708. The lowest BCUT2D eigenvalue weighted by atomic mass is 9.98. The summed E-state index contributed by atoms with van der Waals surface area (Å²) in [6.07, 6.45) is 2.73. The fourth-order valence-electron chi connectivity index (χ4n) is 2.74. The van der Waals surface area contributed by atoms with Gasteiger partial charge in [-0.25, -0.2) is 4.79 Å². The lowest BCUT2D eigenvalue weighted by molar-refractivity contribution is 0.0697. The molecular weight excluding hydrogens is 282 g/mol. The van der Waals surface area contributed by atoms with Crippen LogP contribution in [0.1, 0.15) is 46.9 Å². The van der Waals surface area contributed by atoms with E-state index >= 15 is 0 Å². The molecule has 1 saturated heterocycles. The second-order valence-electron chi connectivity index (χ2n) is 5.92. The van der Waals surface area contributed by atoms with E-state index in [1.807, 2.05) is 0 Å². The Bertz CT molecular complexity index is 548. The summed E-state index contributed by atoms with van der Waals surface area (Å²) in [6, 6.07) is 4.39. The van der Waals surface area contributed by atoms with E-state index in [2.05, 4.69) is 11.8 Å². The van der Waals surface area contributed by atoms with Crippen molar-refractivity contribution in [3.05, 3.63) is 29.3 Å². The molecule has 0 aliphatic carbocycles. The van der Waals surface area contributed by atoms with Gasteiger partial charge >= 0.3 is 5.97 Å². The van der Waals surface area contributed by atoms with Crippen molar-refractivity contribution in [3.8, 4) is 5.75 Å². The van der Waals surface area contributed by atoms with Gasteiger partial charge in [0.15, 0.2) is 5.78 Å². The zero-order valence-electron chi connectivity index (χ0n) is 13.2. The van der Waals surface area contributed by atoms with Crippen molar-refractivity contribution < 1.29 is 19.4 Å². The Hall–Kier alpha value is -1.88. The number of carboxylic acid groups (broad SMARTS) is 1. The number of rotatable bonds is 6. The number of carbonyl (C=O) groups excluding carboxylic acids is 1. The molecule has 1 N–H and O–H groups in total. The SMILES string of the molecule is COc1ccc(C(=O)O)cc1C(=O)CCN1CCC(C)CC1. The van der Waals surface area contributed by atoms with E-state index < -0.39 is 5.97 Å². The van der Waals surface area contributed by atoms with Crippen LogP contribution >= 0.6 is 0 Å². The van der Waals surface area contributed by atoms with Crippen LogP contribution in [0.4, 0.5) is 0 Å². The standard InChI is InChI=1S/C17H23NO4/c1-12-5-8-18(9-6-12)10-7-15(19)14-11-13(17(20)21)3-4-16(14)22-2/h3-4,11-12H,5-10H2,1-2H3,(H,20,21). The minimum atomic E-state index is -1.04. The molecule has 1 fully saturated rings. The van der Waals surface area contributed by atoms with Gasteiger partial charge in [-0.15, -0.1) is 0 Å². The van der Waals surface area contributed by atoms with Gasteiger partial charge in [-0.1, -0.05) is 6.92 Å². The number of Topliss-reactive ketones (excluding diaryl/α,β-unsaturated/α-hetero) is 1. The summed E-state index contributed by atoms with van der Waals surface area (Å²) in [7, 11) is 1.48. The number of piperidine rings is 1. The Morgan fingerprint density at radius 2 is 2.00 bits per heavy atom. The topological polar surface area (TPSA) is 66.8 Å². The number of hydrogen-bond donors (Lipinski definition) is 1. The van der Waals surface area contributed by atoms with E-state index in [1.54, 1.807) is 6.07 Å². The van der Waals surface area contributed by atoms with Crippen molar-refractivity contribution in [2.45, 2.75) is 26.2 Å². The highest BCUT2D eigenvalue weighted by molar-refractivity contribution is 6.01. The minimum Gasteiger partial charge on any atom is -0.496 e. The van der Waals surface area contributed by atoms with Crippen LogP contribution in [0.3, 0.4) is 0 Å². The van der Waals surface area contributed by atoms with Gasteiger partial charge in [-0.3, -0.25) is 4.79 Å². The van der Waals surface area contributed by atoms with Crippen LogP contribution in [0.5, 0.6) is 5.75 Å². The number of ether oxygens (including phenoxy) is 1. The van der Waals surface area contributed by atoms with Crippen molar-refractivity contribution >= 4 is 11.8 Å². The molecule has 0 spiro atoms. The van der Waals surface area contributed by atoms with E-state index in [9.17, 15) is 9.59 Å². The second-order valence-corrected chi connectivity index (χ2v) is 5.92. The fourth-order valence-corrected chi connectivity index (χ4v) is 2.74. The highest BCUT2D eigenvalue weighted by atomic mass is 16.5. The molecule has 0 unspecified atom stereocenters. The molecule has 2 rings (SSSR count). The number of aromatic carboxylic acids is 1. The monoisotopic (exact) mass is 305 g/mol. The van der Waals surface area contributed by atoms with Gasteiger partial charge in [0.2, 0.25) is 0 Å². The van der Waals surface area contributed by atoms with E-state index in [-0.39, 0.29) is 11.3 Å². The molecule has 1 aromatic carbocycles. The van der Waals surface area contributed by atoms with Crippen molar-refractivity contribution in [3.63, 3.8) is 0 Å². The molecule has 0 amide bonds. The largest absolute Gasteiger partial charge is 0.496 e. The molecule has 22 heavy (non-hydrogen) atoms. The van der Waals surface area contributed by atoms with Crippen LogP contribution in [0.15, 0.2) is 18.2 Å². The molecule has 0 saturated carbocycles. The molecule has 5 heteroatoms. The van der Waals surface area contributed by atoms with Crippen molar-refractivity contribution in [1.29, 1.82) is 0 Å². The number of hydrogen-bond acceptors (Lipinski definition) is 4. The average Bonchev–Trinajstić information content (AvgIpc) is 2.53. The quantitative estimate of drug-likeness (QED) is 0.819. The number of carbonyl (C=O) groups is 2. The summed E-state index contributed by atoms with van der Waals surface area (Å²) >= 11 is 0. The Labute approximate surface area is 130 Å². The fraction of sp³-hybridized carbons (Fsp3) is 0.529. The predicted molar refractivity (Wildman–Crippen MR) is 83.7 cm³/mol. The van der Waals surface area contributed by atoms with Gasteiger partial charge in [0.1, 0.15) is 5.75 Å². The van der Waals surface area contributed by atoms with Crippen molar-refractivity contribution in [2.75, 3.05) is 26.7 Å². The smallest absolute Gasteiger partial charge is 0.335 e. The summed E-state index contributed by atoms with van der Waals surface area (Å²) in [5.41, 5.74) is 0.462. The lowest BCUT2D eigenvalue weighted by Gasteiger charge is -2.29. The molecule has 0 bridgehead atoms. The number of ketones is 1. The molecule has 1 aliphatic heterocycles. The summed E-state index contributed by atoms with van der Waals surface area (Å²) in [5, 5.41) is 9.05. The first kappa shape index (κ1) is 16.5. The third-order valence-electron chi connectivity index (χ3n) is 4.28. The van der Waals surface area contributed by atoms with Crippen molar-refractivity contribution in [1.82, 2.24) is 4.90 Å². The number of nitrogens with zero attached hydrogens (tertiary/aromatic N) is 1. The zero-order valence-corrected chi connectivity index (χ0v) is 13.2. The van der Waals surface area contributed by atoms with Gasteiger partial charge < -0.3 is 14.7 Å². The summed E-state index contributed by atoms with van der Waals surface area (Å²) in [5.74, 6) is 0.0850. The third kappa shape index (κ3) is 4.07. The maximum Gasteiger partial charge on any atom is 0.335 e. The lowest BCUT2D eigenvalue weighted by Crippen LogP contribution is -2.34. The van der Waals surface area contributed by atoms with E-state index in [4.69, 9.17) is 9.84 Å².